The molecule has 0 bridgehead atoms. The van der Waals surface area contributed by atoms with E-state index < -0.39 is 0 Å². The van der Waals surface area contributed by atoms with Crippen molar-refractivity contribution >= 4 is 5.91 Å². The van der Waals surface area contributed by atoms with E-state index >= 15 is 0 Å². The number of ether oxygens (including phenoxy) is 1. The Morgan fingerprint density at radius 1 is 1.19 bits per heavy atom. The van der Waals surface area contributed by atoms with Gasteiger partial charge in [0.05, 0.1) is 6.10 Å². The van der Waals surface area contributed by atoms with Crippen LogP contribution in [0.3, 0.4) is 0 Å². The van der Waals surface area contributed by atoms with Crippen LogP contribution in [0.1, 0.15) is 42.4 Å². The number of aliphatic hydroxyl groups excluding tert-OH is 1. The normalized spacial score (nSPS) is 21.9. The molecule has 1 aromatic carbocycles. The van der Waals surface area contributed by atoms with Crippen molar-refractivity contribution in [3.05, 3.63) is 28.8 Å². The minimum atomic E-state index is -0.202. The Balaban J connectivity index is 1.84. The van der Waals surface area contributed by atoms with Crippen LogP contribution in [-0.2, 0) is 4.79 Å². The lowest BCUT2D eigenvalue weighted by atomic mass is 9.93. The summed E-state index contributed by atoms with van der Waals surface area (Å²) in [5.74, 6) is 0.714. The first kappa shape index (κ1) is 15.8. The second kappa shape index (κ2) is 6.94. The molecular weight excluding hydrogens is 266 g/mol. The molecule has 0 saturated heterocycles. The van der Waals surface area contributed by atoms with E-state index in [4.69, 9.17) is 4.74 Å². The maximum Gasteiger partial charge on any atom is 0.258 e. The smallest absolute Gasteiger partial charge is 0.258 e. The Morgan fingerprint density at radius 2 is 1.76 bits per heavy atom. The Morgan fingerprint density at radius 3 is 2.33 bits per heavy atom. The lowest BCUT2D eigenvalue weighted by molar-refractivity contribution is -0.124. The van der Waals surface area contributed by atoms with Gasteiger partial charge in [-0.2, -0.15) is 0 Å². The molecule has 0 spiro atoms. The number of rotatable bonds is 4. The minimum absolute atomic E-state index is 0.0454. The summed E-state index contributed by atoms with van der Waals surface area (Å²) in [5, 5.41) is 12.4. The molecule has 0 aliphatic heterocycles. The standard InChI is InChI=1S/C17H25NO3/c1-11-8-12(2)17(13(3)9-11)21-10-16(20)18-14-4-6-15(19)7-5-14/h8-9,14-15,19H,4-7,10H2,1-3H3,(H,18,20). The zero-order chi connectivity index (χ0) is 15.4. The molecule has 116 valence electrons. The molecular formula is C17H25NO3. The molecule has 1 aromatic rings. The van der Waals surface area contributed by atoms with Gasteiger partial charge in [0.1, 0.15) is 5.75 Å². The van der Waals surface area contributed by atoms with Crippen LogP contribution in [-0.4, -0.2) is 29.8 Å². The summed E-state index contributed by atoms with van der Waals surface area (Å²) in [6.45, 7) is 6.09. The summed E-state index contributed by atoms with van der Waals surface area (Å²) in [7, 11) is 0. The molecule has 1 fully saturated rings. The first-order chi connectivity index (χ1) is 9.95. The molecule has 21 heavy (non-hydrogen) atoms. The number of benzene rings is 1. The summed E-state index contributed by atoms with van der Waals surface area (Å²) in [5.41, 5.74) is 3.31. The lowest BCUT2D eigenvalue weighted by Gasteiger charge is -2.26. The number of aryl methyl sites for hydroxylation is 3. The number of amides is 1. The highest BCUT2D eigenvalue weighted by Gasteiger charge is 2.21. The first-order valence-corrected chi connectivity index (χ1v) is 7.64. The van der Waals surface area contributed by atoms with E-state index in [1.165, 1.54) is 5.56 Å². The molecule has 2 N–H and O–H groups in total. The SMILES string of the molecule is Cc1cc(C)c(OCC(=O)NC2CCC(O)CC2)c(C)c1. The molecule has 0 radical (unpaired) electrons. The van der Waals surface area contributed by atoms with Crippen molar-refractivity contribution < 1.29 is 14.6 Å². The minimum Gasteiger partial charge on any atom is -0.483 e. The van der Waals surface area contributed by atoms with Crippen molar-refractivity contribution in [2.24, 2.45) is 0 Å². The molecule has 1 aliphatic rings. The lowest BCUT2D eigenvalue weighted by Crippen LogP contribution is -2.40. The fourth-order valence-electron chi connectivity index (χ4n) is 3.02. The average molecular weight is 291 g/mol. The van der Waals surface area contributed by atoms with E-state index in [0.29, 0.717) is 0 Å². The first-order valence-electron chi connectivity index (χ1n) is 7.64. The van der Waals surface area contributed by atoms with Gasteiger partial charge in [-0.3, -0.25) is 4.79 Å². The number of carbonyl (C=O) groups excluding carboxylic acids is 1. The van der Waals surface area contributed by atoms with Crippen molar-refractivity contribution in [1.82, 2.24) is 5.32 Å². The quantitative estimate of drug-likeness (QED) is 0.895. The van der Waals surface area contributed by atoms with Crippen LogP contribution in [0.2, 0.25) is 0 Å². The third-order valence-electron chi connectivity index (χ3n) is 4.01. The third-order valence-corrected chi connectivity index (χ3v) is 4.01. The average Bonchev–Trinajstić information content (AvgIpc) is 2.40. The van der Waals surface area contributed by atoms with E-state index in [-0.39, 0.29) is 24.7 Å². The predicted molar refractivity (Wildman–Crippen MR) is 82.6 cm³/mol. The van der Waals surface area contributed by atoms with Crippen LogP contribution in [0.25, 0.3) is 0 Å². The molecule has 0 unspecified atom stereocenters. The molecule has 0 heterocycles. The Kier molecular flexibility index (Phi) is 5.23. The van der Waals surface area contributed by atoms with Gasteiger partial charge in [-0.15, -0.1) is 0 Å². The van der Waals surface area contributed by atoms with E-state index in [2.05, 4.69) is 17.4 Å². The van der Waals surface area contributed by atoms with Crippen molar-refractivity contribution in [3.8, 4) is 5.75 Å². The van der Waals surface area contributed by atoms with Crippen LogP contribution >= 0.6 is 0 Å². The van der Waals surface area contributed by atoms with Crippen LogP contribution in [0, 0.1) is 20.8 Å². The van der Waals surface area contributed by atoms with Gasteiger partial charge in [0.25, 0.3) is 5.91 Å². The van der Waals surface area contributed by atoms with Crippen LogP contribution in [0.4, 0.5) is 0 Å². The highest BCUT2D eigenvalue weighted by Crippen LogP contribution is 2.24. The number of aliphatic hydroxyl groups is 1. The number of carbonyl (C=O) groups is 1. The van der Waals surface area contributed by atoms with Gasteiger partial charge >= 0.3 is 0 Å². The summed E-state index contributed by atoms with van der Waals surface area (Å²) >= 11 is 0. The molecule has 1 aliphatic carbocycles. The van der Waals surface area contributed by atoms with Crippen molar-refractivity contribution in [2.45, 2.75) is 58.6 Å². The fourth-order valence-corrected chi connectivity index (χ4v) is 3.02. The second-order valence-corrected chi connectivity index (χ2v) is 6.09. The van der Waals surface area contributed by atoms with E-state index in [9.17, 15) is 9.90 Å². The largest absolute Gasteiger partial charge is 0.483 e. The zero-order valence-electron chi connectivity index (χ0n) is 13.1. The second-order valence-electron chi connectivity index (χ2n) is 6.09. The molecule has 2 rings (SSSR count). The topological polar surface area (TPSA) is 58.6 Å². The molecule has 4 nitrogen and oxygen atoms in total. The highest BCUT2D eigenvalue weighted by atomic mass is 16.5. The highest BCUT2D eigenvalue weighted by molar-refractivity contribution is 5.78. The zero-order valence-corrected chi connectivity index (χ0v) is 13.1. The van der Waals surface area contributed by atoms with Gasteiger partial charge in [0.15, 0.2) is 6.61 Å². The van der Waals surface area contributed by atoms with E-state index in [0.717, 1.165) is 42.6 Å². The number of hydrogen-bond acceptors (Lipinski definition) is 3. The van der Waals surface area contributed by atoms with Gasteiger partial charge in [0, 0.05) is 6.04 Å². The van der Waals surface area contributed by atoms with E-state index in [1.54, 1.807) is 0 Å². The van der Waals surface area contributed by atoms with Crippen molar-refractivity contribution in [3.63, 3.8) is 0 Å². The maximum absolute atomic E-state index is 12.0. The van der Waals surface area contributed by atoms with Gasteiger partial charge < -0.3 is 15.2 Å². The van der Waals surface area contributed by atoms with Gasteiger partial charge in [-0.25, -0.2) is 0 Å². The van der Waals surface area contributed by atoms with Crippen LogP contribution in [0.15, 0.2) is 12.1 Å². The van der Waals surface area contributed by atoms with E-state index in [1.807, 2.05) is 20.8 Å². The summed E-state index contributed by atoms with van der Waals surface area (Å²) < 4.78 is 5.69. The van der Waals surface area contributed by atoms with Crippen molar-refractivity contribution in [1.29, 1.82) is 0 Å². The summed E-state index contributed by atoms with van der Waals surface area (Å²) in [6, 6.07) is 4.29. The molecule has 0 atom stereocenters. The fraction of sp³-hybridized carbons (Fsp3) is 0.588. The van der Waals surface area contributed by atoms with Gasteiger partial charge in [0.2, 0.25) is 0 Å². The molecule has 0 aromatic heterocycles. The Hall–Kier alpha value is -1.55. The number of hydrogen-bond donors (Lipinski definition) is 2. The monoisotopic (exact) mass is 291 g/mol. The summed E-state index contributed by atoms with van der Waals surface area (Å²) in [4.78, 5) is 12.0. The molecule has 1 saturated carbocycles. The van der Waals surface area contributed by atoms with Gasteiger partial charge in [-0.05, 0) is 57.6 Å². The Bertz CT molecular complexity index is 482. The predicted octanol–water partition coefficient (Wildman–Crippen LogP) is 2.41. The third kappa shape index (κ3) is 4.46. The molecule has 4 heteroatoms. The molecule has 1 amide bonds. The van der Waals surface area contributed by atoms with Crippen molar-refractivity contribution in [2.75, 3.05) is 6.61 Å². The van der Waals surface area contributed by atoms with Crippen LogP contribution < -0.4 is 10.1 Å². The van der Waals surface area contributed by atoms with Crippen LogP contribution in [0.5, 0.6) is 5.75 Å². The van der Waals surface area contributed by atoms with Gasteiger partial charge in [-0.1, -0.05) is 17.7 Å². The Labute approximate surface area is 126 Å². The summed E-state index contributed by atoms with van der Waals surface area (Å²) in [6.07, 6.45) is 3.02. The number of nitrogens with one attached hydrogen (secondary N) is 1. The maximum atomic E-state index is 12.0.